The summed E-state index contributed by atoms with van der Waals surface area (Å²) >= 11 is 0. The molecule has 0 aliphatic rings. The van der Waals surface area contributed by atoms with E-state index in [1.165, 1.54) is 0 Å². The lowest BCUT2D eigenvalue weighted by Crippen LogP contribution is -2.06. The molecule has 0 bridgehead atoms. The van der Waals surface area contributed by atoms with E-state index >= 15 is 0 Å². The summed E-state index contributed by atoms with van der Waals surface area (Å²) in [6, 6.07) is 0. The van der Waals surface area contributed by atoms with Crippen LogP contribution in [-0.2, 0) is 9.59 Å². The van der Waals surface area contributed by atoms with Crippen molar-refractivity contribution in [3.05, 3.63) is 0 Å². The van der Waals surface area contributed by atoms with Crippen molar-refractivity contribution in [2.24, 2.45) is 5.92 Å². The lowest BCUT2D eigenvalue weighted by molar-refractivity contribution is -0.121. The minimum Gasteiger partial charge on any atom is -0.300 e. The highest BCUT2D eigenvalue weighted by atomic mass is 16.1. The van der Waals surface area contributed by atoms with E-state index in [1.807, 2.05) is 6.92 Å². The van der Waals surface area contributed by atoms with Crippen LogP contribution < -0.4 is 0 Å². The maximum atomic E-state index is 10.7. The average molecular weight is 156 g/mol. The molecule has 64 valence electrons. The van der Waals surface area contributed by atoms with E-state index < -0.39 is 0 Å². The molecule has 0 rings (SSSR count). The smallest absolute Gasteiger partial charge is 0.132 e. The molecule has 0 saturated heterocycles. The van der Waals surface area contributed by atoms with Crippen LogP contribution in [0.25, 0.3) is 0 Å². The van der Waals surface area contributed by atoms with Crippen LogP contribution in [0.3, 0.4) is 0 Å². The number of rotatable bonds is 5. The zero-order chi connectivity index (χ0) is 8.85. The Morgan fingerprint density at radius 2 is 1.82 bits per heavy atom. The van der Waals surface area contributed by atoms with Crippen LogP contribution in [-0.4, -0.2) is 11.6 Å². The summed E-state index contributed by atoms with van der Waals surface area (Å²) in [5, 5.41) is 0. The molecule has 0 aromatic heterocycles. The van der Waals surface area contributed by atoms with Gasteiger partial charge in [-0.3, -0.25) is 4.79 Å². The Balaban J connectivity index is 3.39. The predicted octanol–water partition coefficient (Wildman–Crippen LogP) is 1.97. The molecule has 0 aliphatic carbocycles. The first-order valence-corrected chi connectivity index (χ1v) is 4.04. The van der Waals surface area contributed by atoms with Crippen LogP contribution in [0.1, 0.15) is 40.0 Å². The van der Waals surface area contributed by atoms with Crippen LogP contribution in [0.4, 0.5) is 0 Å². The van der Waals surface area contributed by atoms with Crippen molar-refractivity contribution in [3.8, 4) is 0 Å². The van der Waals surface area contributed by atoms with E-state index in [-0.39, 0.29) is 17.5 Å². The zero-order valence-corrected chi connectivity index (χ0v) is 7.52. The fourth-order valence-electron chi connectivity index (χ4n) is 0.860. The normalized spacial score (nSPS) is 12.6. The second kappa shape index (κ2) is 5.05. The summed E-state index contributed by atoms with van der Waals surface area (Å²) in [6.45, 7) is 5.08. The molecule has 0 N–H and O–H groups in total. The van der Waals surface area contributed by atoms with Gasteiger partial charge in [-0.05, 0) is 26.7 Å². The fourth-order valence-corrected chi connectivity index (χ4v) is 0.860. The monoisotopic (exact) mass is 156 g/mol. The Morgan fingerprint density at radius 3 is 2.18 bits per heavy atom. The topological polar surface area (TPSA) is 34.1 Å². The van der Waals surface area contributed by atoms with Crippen molar-refractivity contribution in [2.45, 2.75) is 40.0 Å². The van der Waals surface area contributed by atoms with Gasteiger partial charge in [-0.2, -0.15) is 0 Å². The first-order valence-electron chi connectivity index (χ1n) is 4.04. The molecule has 0 heterocycles. The van der Waals surface area contributed by atoms with Gasteiger partial charge in [-0.15, -0.1) is 0 Å². The van der Waals surface area contributed by atoms with Gasteiger partial charge < -0.3 is 4.79 Å². The van der Waals surface area contributed by atoms with E-state index in [0.717, 1.165) is 12.8 Å². The van der Waals surface area contributed by atoms with Crippen molar-refractivity contribution in [3.63, 3.8) is 0 Å². The Bertz CT molecular complexity index is 150. The van der Waals surface area contributed by atoms with Crippen LogP contribution in [0.2, 0.25) is 0 Å². The first-order chi connectivity index (χ1) is 5.04. The van der Waals surface area contributed by atoms with Gasteiger partial charge in [0.05, 0.1) is 0 Å². The summed E-state index contributed by atoms with van der Waals surface area (Å²) in [4.78, 5) is 21.2. The van der Waals surface area contributed by atoms with E-state index in [1.54, 1.807) is 13.8 Å². The molecule has 0 amide bonds. The van der Waals surface area contributed by atoms with E-state index in [0.29, 0.717) is 6.42 Å². The molecule has 0 aromatic rings. The van der Waals surface area contributed by atoms with Crippen molar-refractivity contribution < 1.29 is 9.59 Å². The summed E-state index contributed by atoms with van der Waals surface area (Å²) in [5.74, 6) is 0.545. The highest BCUT2D eigenvalue weighted by molar-refractivity contribution is 5.78. The number of hydrogen-bond donors (Lipinski definition) is 0. The van der Waals surface area contributed by atoms with Gasteiger partial charge in [0.1, 0.15) is 11.6 Å². The molecular formula is C9H16O2. The van der Waals surface area contributed by atoms with Crippen molar-refractivity contribution in [1.82, 2.24) is 0 Å². The molecule has 0 aliphatic heterocycles. The average Bonchev–Trinajstić information content (AvgIpc) is 1.86. The molecule has 1 atom stereocenters. The second-order valence-electron chi connectivity index (χ2n) is 3.11. The second-order valence-corrected chi connectivity index (χ2v) is 3.11. The molecule has 1 unspecified atom stereocenters. The third kappa shape index (κ3) is 5.77. The molecule has 0 radical (unpaired) electrons. The quantitative estimate of drug-likeness (QED) is 0.609. The molecule has 0 fully saturated rings. The summed E-state index contributed by atoms with van der Waals surface area (Å²) < 4.78 is 0. The number of hydrogen-bond acceptors (Lipinski definition) is 2. The van der Waals surface area contributed by atoms with Gasteiger partial charge in [0.25, 0.3) is 0 Å². The van der Waals surface area contributed by atoms with Crippen LogP contribution in [0, 0.1) is 5.92 Å². The summed E-state index contributed by atoms with van der Waals surface area (Å²) in [6.07, 6.45) is 2.29. The van der Waals surface area contributed by atoms with Gasteiger partial charge in [0, 0.05) is 12.3 Å². The van der Waals surface area contributed by atoms with Gasteiger partial charge in [-0.25, -0.2) is 0 Å². The van der Waals surface area contributed by atoms with Crippen molar-refractivity contribution in [1.29, 1.82) is 0 Å². The molecule has 2 heteroatoms. The van der Waals surface area contributed by atoms with E-state index in [2.05, 4.69) is 0 Å². The number of ketones is 2. The van der Waals surface area contributed by atoms with Crippen molar-refractivity contribution in [2.75, 3.05) is 0 Å². The predicted molar refractivity (Wildman–Crippen MR) is 44.4 cm³/mol. The minimum atomic E-state index is 0.120. The number of carbonyl (C=O) groups is 2. The molecule has 0 spiro atoms. The zero-order valence-electron chi connectivity index (χ0n) is 7.52. The number of carbonyl (C=O) groups excluding carboxylic acids is 2. The third-order valence-corrected chi connectivity index (χ3v) is 1.86. The van der Waals surface area contributed by atoms with Crippen LogP contribution in [0.5, 0.6) is 0 Å². The fraction of sp³-hybridized carbons (Fsp3) is 0.778. The standard InChI is InChI=1S/C9H16O2/c1-7(9(3)11)5-4-6-8(2)10/h7H,4-6H2,1-3H3. The van der Waals surface area contributed by atoms with Gasteiger partial charge >= 0.3 is 0 Å². The molecular weight excluding hydrogens is 140 g/mol. The Morgan fingerprint density at radius 1 is 1.27 bits per heavy atom. The minimum absolute atomic E-state index is 0.120. The largest absolute Gasteiger partial charge is 0.300 e. The van der Waals surface area contributed by atoms with Crippen LogP contribution >= 0.6 is 0 Å². The first kappa shape index (κ1) is 10.3. The van der Waals surface area contributed by atoms with Gasteiger partial charge in [-0.1, -0.05) is 6.92 Å². The van der Waals surface area contributed by atoms with Crippen molar-refractivity contribution >= 4 is 11.6 Å². The molecule has 0 aromatic carbocycles. The molecule has 0 saturated carbocycles. The highest BCUT2D eigenvalue weighted by Gasteiger charge is 2.06. The maximum Gasteiger partial charge on any atom is 0.132 e. The lowest BCUT2D eigenvalue weighted by atomic mass is 10.00. The Labute approximate surface area is 68.0 Å². The van der Waals surface area contributed by atoms with E-state index in [9.17, 15) is 9.59 Å². The maximum absolute atomic E-state index is 10.7. The summed E-state index contributed by atoms with van der Waals surface area (Å²) in [5.41, 5.74) is 0. The van der Waals surface area contributed by atoms with Crippen LogP contribution in [0.15, 0.2) is 0 Å². The Kier molecular flexibility index (Phi) is 4.75. The van der Waals surface area contributed by atoms with Gasteiger partial charge in [0.2, 0.25) is 0 Å². The summed E-state index contributed by atoms with van der Waals surface area (Å²) in [7, 11) is 0. The number of Topliss-reactive ketones (excluding diaryl/α,β-unsaturated/α-hetero) is 2. The Hall–Kier alpha value is -0.660. The SMILES string of the molecule is CC(=O)CCCC(C)C(C)=O. The third-order valence-electron chi connectivity index (χ3n) is 1.86. The lowest BCUT2D eigenvalue weighted by Gasteiger charge is -2.04. The highest BCUT2D eigenvalue weighted by Crippen LogP contribution is 2.08. The van der Waals surface area contributed by atoms with E-state index in [4.69, 9.17) is 0 Å². The molecule has 11 heavy (non-hydrogen) atoms. The molecule has 2 nitrogen and oxygen atoms in total. The van der Waals surface area contributed by atoms with Gasteiger partial charge in [0.15, 0.2) is 0 Å².